The lowest BCUT2D eigenvalue weighted by molar-refractivity contribution is 0.142. The van der Waals surface area contributed by atoms with Crippen molar-refractivity contribution in [2.45, 2.75) is 12.5 Å². The highest BCUT2D eigenvalue weighted by Crippen LogP contribution is 2.44. The molecule has 0 heterocycles. The van der Waals surface area contributed by atoms with Gasteiger partial charge < -0.3 is 15.2 Å². The summed E-state index contributed by atoms with van der Waals surface area (Å²) in [6.07, 6.45) is -0.684. The molecule has 1 aliphatic carbocycles. The molecular formula is C22H17F2NO3. The van der Waals surface area contributed by atoms with E-state index in [1.807, 2.05) is 48.5 Å². The van der Waals surface area contributed by atoms with Gasteiger partial charge in [-0.05, 0) is 39.9 Å². The molecule has 0 atom stereocenters. The molecule has 0 aliphatic heterocycles. The highest BCUT2D eigenvalue weighted by atomic mass is 19.1. The van der Waals surface area contributed by atoms with E-state index in [1.165, 1.54) is 0 Å². The Bertz CT molecular complexity index is 983. The molecule has 4 nitrogen and oxygen atoms in total. The molecular weight excluding hydrogens is 364 g/mol. The summed E-state index contributed by atoms with van der Waals surface area (Å²) in [7, 11) is 0. The summed E-state index contributed by atoms with van der Waals surface area (Å²) in [6, 6.07) is 17.9. The van der Waals surface area contributed by atoms with Gasteiger partial charge in [-0.3, -0.25) is 0 Å². The molecule has 28 heavy (non-hydrogen) atoms. The molecule has 0 radical (unpaired) electrons. The van der Waals surface area contributed by atoms with Crippen molar-refractivity contribution in [3.63, 3.8) is 0 Å². The molecule has 142 valence electrons. The molecule has 6 heteroatoms. The summed E-state index contributed by atoms with van der Waals surface area (Å²) < 4.78 is 32.1. The standard InChI is InChI=1S/C22H17F2NO3/c23-19-9-13(10-20(24)21(19)26)11-25-22(27)28-12-18-16-7-3-1-5-14(16)15-6-2-4-8-17(15)18/h1-10,18,26H,11-12H2,(H,25,27). The number of phenolic OH excluding ortho intramolecular Hbond substituents is 1. The van der Waals surface area contributed by atoms with E-state index >= 15 is 0 Å². The van der Waals surface area contributed by atoms with Crippen LogP contribution in [0.3, 0.4) is 0 Å². The molecule has 0 spiro atoms. The molecule has 3 aromatic rings. The SMILES string of the molecule is O=C(NCc1cc(F)c(O)c(F)c1)OCC1c2ccccc2-c2ccccc21. The fraction of sp³-hybridized carbons (Fsp3) is 0.136. The molecule has 4 rings (SSSR count). The zero-order valence-electron chi connectivity index (χ0n) is 14.8. The summed E-state index contributed by atoms with van der Waals surface area (Å²) in [5.74, 6) is -3.26. The lowest BCUT2D eigenvalue weighted by atomic mass is 9.98. The fourth-order valence-corrected chi connectivity index (χ4v) is 3.54. The minimum absolute atomic E-state index is 0.0679. The largest absolute Gasteiger partial charge is 0.503 e. The Balaban J connectivity index is 1.42. The number of fused-ring (bicyclic) bond motifs is 3. The number of halogens is 2. The minimum Gasteiger partial charge on any atom is -0.503 e. The Morgan fingerprint density at radius 2 is 1.50 bits per heavy atom. The van der Waals surface area contributed by atoms with Gasteiger partial charge in [0.1, 0.15) is 6.61 Å². The monoisotopic (exact) mass is 381 g/mol. The van der Waals surface area contributed by atoms with Crippen LogP contribution in [-0.4, -0.2) is 17.8 Å². The number of ether oxygens (including phenoxy) is 1. The number of aromatic hydroxyl groups is 1. The zero-order valence-corrected chi connectivity index (χ0v) is 14.8. The number of alkyl carbamates (subject to hydrolysis) is 1. The third kappa shape index (κ3) is 3.29. The smallest absolute Gasteiger partial charge is 0.407 e. The van der Waals surface area contributed by atoms with Crippen molar-refractivity contribution in [3.05, 3.63) is 89.0 Å². The van der Waals surface area contributed by atoms with Crippen LogP contribution in [0.15, 0.2) is 60.7 Å². The van der Waals surface area contributed by atoms with Crippen LogP contribution in [-0.2, 0) is 11.3 Å². The van der Waals surface area contributed by atoms with E-state index < -0.39 is 23.5 Å². The maximum Gasteiger partial charge on any atom is 0.407 e. The van der Waals surface area contributed by atoms with E-state index in [2.05, 4.69) is 5.32 Å². The Morgan fingerprint density at radius 1 is 0.964 bits per heavy atom. The quantitative estimate of drug-likeness (QED) is 0.688. The number of rotatable bonds is 4. The van der Waals surface area contributed by atoms with E-state index in [1.54, 1.807) is 0 Å². The van der Waals surface area contributed by atoms with Crippen molar-refractivity contribution in [2.24, 2.45) is 0 Å². The second-order valence-corrected chi connectivity index (χ2v) is 6.59. The Hall–Kier alpha value is -3.41. The van der Waals surface area contributed by atoms with E-state index in [9.17, 15) is 13.6 Å². The van der Waals surface area contributed by atoms with Crippen molar-refractivity contribution < 1.29 is 23.4 Å². The lowest BCUT2D eigenvalue weighted by Gasteiger charge is -2.14. The first-order chi connectivity index (χ1) is 13.5. The zero-order chi connectivity index (χ0) is 19.7. The third-order valence-corrected chi connectivity index (χ3v) is 4.86. The predicted octanol–water partition coefficient (Wildman–Crippen LogP) is 4.71. The molecule has 2 N–H and O–H groups in total. The Kier molecular flexibility index (Phi) is 4.69. The van der Waals surface area contributed by atoms with Crippen LogP contribution in [0.1, 0.15) is 22.6 Å². The van der Waals surface area contributed by atoms with Crippen LogP contribution in [0.2, 0.25) is 0 Å². The normalized spacial score (nSPS) is 12.4. The first kappa shape index (κ1) is 18.0. The molecule has 0 saturated heterocycles. The molecule has 3 aromatic carbocycles. The van der Waals surface area contributed by atoms with E-state index in [0.717, 1.165) is 34.4 Å². The molecule has 0 bridgehead atoms. The average molecular weight is 381 g/mol. The molecule has 0 saturated carbocycles. The van der Waals surface area contributed by atoms with Gasteiger partial charge in [-0.2, -0.15) is 0 Å². The molecule has 0 aromatic heterocycles. The van der Waals surface area contributed by atoms with Crippen LogP contribution in [0.5, 0.6) is 5.75 Å². The van der Waals surface area contributed by atoms with Gasteiger partial charge in [-0.1, -0.05) is 48.5 Å². The van der Waals surface area contributed by atoms with Gasteiger partial charge in [0.2, 0.25) is 0 Å². The van der Waals surface area contributed by atoms with Crippen molar-refractivity contribution >= 4 is 6.09 Å². The first-order valence-corrected chi connectivity index (χ1v) is 8.80. The van der Waals surface area contributed by atoms with Crippen LogP contribution in [0, 0.1) is 11.6 Å². The topological polar surface area (TPSA) is 58.6 Å². The maximum atomic E-state index is 13.4. The highest BCUT2D eigenvalue weighted by molar-refractivity contribution is 5.79. The number of carbonyl (C=O) groups excluding carboxylic acids is 1. The number of benzene rings is 3. The number of amides is 1. The molecule has 0 fully saturated rings. The van der Waals surface area contributed by atoms with Crippen LogP contribution >= 0.6 is 0 Å². The molecule has 0 unspecified atom stereocenters. The summed E-state index contributed by atoms with van der Waals surface area (Å²) in [6.45, 7) is 0.0307. The highest BCUT2D eigenvalue weighted by Gasteiger charge is 2.28. The van der Waals surface area contributed by atoms with Gasteiger partial charge in [0.15, 0.2) is 17.4 Å². The molecule has 1 amide bonds. The Labute approximate surface area is 160 Å². The fourth-order valence-electron chi connectivity index (χ4n) is 3.54. The lowest BCUT2D eigenvalue weighted by Crippen LogP contribution is -2.25. The molecule has 1 aliphatic rings. The number of phenols is 1. The van der Waals surface area contributed by atoms with Gasteiger partial charge in [-0.15, -0.1) is 0 Å². The van der Waals surface area contributed by atoms with Crippen LogP contribution in [0.4, 0.5) is 13.6 Å². The van der Waals surface area contributed by atoms with Gasteiger partial charge in [0, 0.05) is 12.5 Å². The Morgan fingerprint density at radius 3 is 2.07 bits per heavy atom. The second-order valence-electron chi connectivity index (χ2n) is 6.59. The van der Waals surface area contributed by atoms with Gasteiger partial charge in [0.25, 0.3) is 0 Å². The van der Waals surface area contributed by atoms with Gasteiger partial charge in [-0.25, -0.2) is 13.6 Å². The summed E-state index contributed by atoms with van der Waals surface area (Å²) in [4.78, 5) is 12.1. The van der Waals surface area contributed by atoms with Crippen molar-refractivity contribution in [3.8, 4) is 16.9 Å². The summed E-state index contributed by atoms with van der Waals surface area (Å²) >= 11 is 0. The maximum absolute atomic E-state index is 13.4. The predicted molar refractivity (Wildman–Crippen MR) is 99.9 cm³/mol. The van der Waals surface area contributed by atoms with E-state index in [0.29, 0.717) is 0 Å². The van der Waals surface area contributed by atoms with Crippen LogP contribution < -0.4 is 5.32 Å². The van der Waals surface area contributed by atoms with Crippen LogP contribution in [0.25, 0.3) is 11.1 Å². The summed E-state index contributed by atoms with van der Waals surface area (Å²) in [5.41, 5.74) is 4.63. The van der Waals surface area contributed by atoms with E-state index in [-0.39, 0.29) is 24.6 Å². The minimum atomic E-state index is -1.08. The van der Waals surface area contributed by atoms with Crippen molar-refractivity contribution in [1.82, 2.24) is 5.32 Å². The van der Waals surface area contributed by atoms with Gasteiger partial charge in [0.05, 0.1) is 0 Å². The van der Waals surface area contributed by atoms with Gasteiger partial charge >= 0.3 is 6.09 Å². The summed E-state index contributed by atoms with van der Waals surface area (Å²) in [5, 5.41) is 11.6. The first-order valence-electron chi connectivity index (χ1n) is 8.80. The second kappa shape index (κ2) is 7.31. The third-order valence-electron chi connectivity index (χ3n) is 4.86. The van der Waals surface area contributed by atoms with Crippen molar-refractivity contribution in [2.75, 3.05) is 6.61 Å². The average Bonchev–Trinajstić information content (AvgIpc) is 3.02. The number of hydrogen-bond acceptors (Lipinski definition) is 3. The number of hydrogen-bond donors (Lipinski definition) is 2. The number of nitrogens with one attached hydrogen (secondary N) is 1. The number of carbonyl (C=O) groups is 1. The van der Waals surface area contributed by atoms with E-state index in [4.69, 9.17) is 9.84 Å². The van der Waals surface area contributed by atoms with Crippen molar-refractivity contribution in [1.29, 1.82) is 0 Å².